The van der Waals surface area contributed by atoms with Crippen molar-refractivity contribution in [1.82, 2.24) is 0 Å². The summed E-state index contributed by atoms with van der Waals surface area (Å²) in [5.41, 5.74) is 0.661. The van der Waals surface area contributed by atoms with Crippen molar-refractivity contribution in [3.8, 4) is 0 Å². The molecule has 4 nitrogen and oxygen atoms in total. The van der Waals surface area contributed by atoms with Gasteiger partial charge in [0.1, 0.15) is 0 Å². The maximum Gasteiger partial charge on any atom is 0.416 e. The second-order valence-corrected chi connectivity index (χ2v) is 6.17. The number of benzene rings is 2. The molecule has 0 bridgehead atoms. The SMILES string of the molecule is COC1CCN(c2ccc(NC(=O)c3cccc(C(F)(F)F)c3)cc2)C1. The quantitative estimate of drug-likeness (QED) is 0.885. The van der Waals surface area contributed by atoms with Gasteiger partial charge in [0, 0.05) is 37.1 Å². The molecule has 2 aromatic carbocycles. The highest BCUT2D eigenvalue weighted by molar-refractivity contribution is 6.04. The maximum absolute atomic E-state index is 12.8. The zero-order chi connectivity index (χ0) is 18.7. The molecule has 0 spiro atoms. The van der Waals surface area contributed by atoms with Crippen LogP contribution in [0.15, 0.2) is 48.5 Å². The van der Waals surface area contributed by atoms with Crippen molar-refractivity contribution in [2.45, 2.75) is 18.7 Å². The van der Waals surface area contributed by atoms with Crippen molar-refractivity contribution < 1.29 is 22.7 Å². The first-order chi connectivity index (χ1) is 12.4. The van der Waals surface area contributed by atoms with Gasteiger partial charge in [-0.1, -0.05) is 6.07 Å². The highest BCUT2D eigenvalue weighted by Gasteiger charge is 2.30. The number of nitrogens with one attached hydrogen (secondary N) is 1. The number of nitrogens with zero attached hydrogens (tertiary/aromatic N) is 1. The average Bonchev–Trinajstić information content (AvgIpc) is 3.11. The number of methoxy groups -OCH3 is 1. The lowest BCUT2D eigenvalue weighted by Gasteiger charge is -2.18. The Hall–Kier alpha value is -2.54. The number of anilines is 2. The molecule has 1 unspecified atom stereocenters. The summed E-state index contributed by atoms with van der Waals surface area (Å²) in [5, 5.41) is 2.63. The molecule has 1 atom stereocenters. The molecular weight excluding hydrogens is 345 g/mol. The Bertz CT molecular complexity index is 775. The Morgan fingerprint density at radius 2 is 1.92 bits per heavy atom. The highest BCUT2D eigenvalue weighted by atomic mass is 19.4. The number of carbonyl (C=O) groups excluding carboxylic acids is 1. The van der Waals surface area contributed by atoms with Gasteiger partial charge in [-0.2, -0.15) is 13.2 Å². The third-order valence-corrected chi connectivity index (χ3v) is 4.42. The van der Waals surface area contributed by atoms with Gasteiger partial charge in [0.15, 0.2) is 0 Å². The van der Waals surface area contributed by atoms with E-state index < -0.39 is 17.6 Å². The number of hydrogen-bond acceptors (Lipinski definition) is 3. The van der Waals surface area contributed by atoms with Crippen LogP contribution in [0.2, 0.25) is 0 Å². The largest absolute Gasteiger partial charge is 0.416 e. The first kappa shape index (κ1) is 18.3. The van der Waals surface area contributed by atoms with E-state index in [4.69, 9.17) is 4.74 Å². The van der Waals surface area contributed by atoms with E-state index in [-0.39, 0.29) is 11.7 Å². The second-order valence-electron chi connectivity index (χ2n) is 6.17. The zero-order valence-electron chi connectivity index (χ0n) is 14.2. The third-order valence-electron chi connectivity index (χ3n) is 4.42. The number of hydrogen-bond donors (Lipinski definition) is 1. The minimum absolute atomic E-state index is 0.0358. The molecule has 26 heavy (non-hydrogen) atoms. The fraction of sp³-hybridized carbons (Fsp3) is 0.316. The van der Waals surface area contributed by atoms with E-state index >= 15 is 0 Å². The predicted molar refractivity (Wildman–Crippen MR) is 93.5 cm³/mol. The van der Waals surface area contributed by atoms with E-state index in [2.05, 4.69) is 10.2 Å². The number of carbonyl (C=O) groups is 1. The smallest absolute Gasteiger partial charge is 0.380 e. The summed E-state index contributed by atoms with van der Waals surface area (Å²) in [5.74, 6) is -0.579. The van der Waals surface area contributed by atoms with E-state index in [1.165, 1.54) is 12.1 Å². The van der Waals surface area contributed by atoms with Crippen molar-refractivity contribution in [3.63, 3.8) is 0 Å². The fourth-order valence-electron chi connectivity index (χ4n) is 2.95. The molecule has 1 aliphatic heterocycles. The van der Waals surface area contributed by atoms with Gasteiger partial charge < -0.3 is 15.0 Å². The number of ether oxygens (including phenoxy) is 1. The molecule has 7 heteroatoms. The van der Waals surface area contributed by atoms with Gasteiger partial charge in [-0.05, 0) is 48.9 Å². The molecule has 0 radical (unpaired) electrons. The van der Waals surface area contributed by atoms with Crippen molar-refractivity contribution in [2.75, 3.05) is 30.4 Å². The summed E-state index contributed by atoms with van der Waals surface area (Å²) >= 11 is 0. The first-order valence-corrected chi connectivity index (χ1v) is 8.23. The van der Waals surface area contributed by atoms with Gasteiger partial charge in [0.2, 0.25) is 0 Å². The van der Waals surface area contributed by atoms with E-state index in [0.29, 0.717) is 5.69 Å². The van der Waals surface area contributed by atoms with Gasteiger partial charge in [0.05, 0.1) is 11.7 Å². The molecule has 2 aromatic rings. The molecule has 1 saturated heterocycles. The van der Waals surface area contributed by atoms with Gasteiger partial charge in [-0.25, -0.2) is 0 Å². The Balaban J connectivity index is 1.67. The van der Waals surface area contributed by atoms with Crippen LogP contribution in [-0.4, -0.2) is 32.2 Å². The van der Waals surface area contributed by atoms with Gasteiger partial charge in [-0.15, -0.1) is 0 Å². The van der Waals surface area contributed by atoms with Crippen LogP contribution < -0.4 is 10.2 Å². The van der Waals surface area contributed by atoms with Crippen LogP contribution in [-0.2, 0) is 10.9 Å². The molecule has 1 fully saturated rings. The van der Waals surface area contributed by atoms with Gasteiger partial charge >= 0.3 is 6.18 Å². The summed E-state index contributed by atoms with van der Waals surface area (Å²) in [6, 6.07) is 11.6. The van der Waals surface area contributed by atoms with Crippen LogP contribution in [0.25, 0.3) is 0 Å². The molecule has 1 amide bonds. The lowest BCUT2D eigenvalue weighted by molar-refractivity contribution is -0.137. The molecule has 138 valence electrons. The normalized spacial score (nSPS) is 17.4. The fourth-order valence-corrected chi connectivity index (χ4v) is 2.95. The summed E-state index contributed by atoms with van der Waals surface area (Å²) in [6.45, 7) is 1.71. The monoisotopic (exact) mass is 364 g/mol. The Labute approximate surface area is 149 Å². The van der Waals surface area contributed by atoms with E-state index in [1.807, 2.05) is 12.1 Å². The average molecular weight is 364 g/mol. The molecule has 0 aromatic heterocycles. The summed E-state index contributed by atoms with van der Waals surface area (Å²) in [4.78, 5) is 14.4. The van der Waals surface area contributed by atoms with Crippen LogP contribution in [0, 0.1) is 0 Å². The summed E-state index contributed by atoms with van der Waals surface area (Å²) < 4.78 is 43.6. The van der Waals surface area contributed by atoms with Crippen molar-refractivity contribution in [1.29, 1.82) is 0 Å². The van der Waals surface area contributed by atoms with Crippen LogP contribution in [0.1, 0.15) is 22.3 Å². The molecule has 1 N–H and O–H groups in total. The van der Waals surface area contributed by atoms with Crippen LogP contribution in [0.3, 0.4) is 0 Å². The molecule has 0 saturated carbocycles. The van der Waals surface area contributed by atoms with Crippen LogP contribution in [0.5, 0.6) is 0 Å². The Kier molecular flexibility index (Phi) is 5.18. The minimum atomic E-state index is -4.48. The summed E-state index contributed by atoms with van der Waals surface area (Å²) in [7, 11) is 1.70. The third kappa shape index (κ3) is 4.16. The Morgan fingerprint density at radius 1 is 1.19 bits per heavy atom. The van der Waals surface area contributed by atoms with Crippen molar-refractivity contribution >= 4 is 17.3 Å². The lowest BCUT2D eigenvalue weighted by atomic mass is 10.1. The topological polar surface area (TPSA) is 41.6 Å². The number of amides is 1. The van der Waals surface area contributed by atoms with Gasteiger partial charge in [0.25, 0.3) is 5.91 Å². The van der Waals surface area contributed by atoms with Crippen molar-refractivity contribution in [3.05, 3.63) is 59.7 Å². The summed E-state index contributed by atoms with van der Waals surface area (Å²) in [6.07, 6.45) is -3.30. The molecule has 3 rings (SSSR count). The molecule has 0 aliphatic carbocycles. The number of rotatable bonds is 4. The predicted octanol–water partition coefficient (Wildman–Crippen LogP) is 4.18. The maximum atomic E-state index is 12.8. The van der Waals surface area contributed by atoms with E-state index in [0.717, 1.165) is 37.3 Å². The van der Waals surface area contributed by atoms with Crippen molar-refractivity contribution in [2.24, 2.45) is 0 Å². The molecule has 1 heterocycles. The first-order valence-electron chi connectivity index (χ1n) is 8.23. The Morgan fingerprint density at radius 3 is 2.54 bits per heavy atom. The standard InChI is InChI=1S/C19H19F3N2O2/c1-26-17-9-10-24(12-17)16-7-5-15(6-8-16)23-18(25)13-3-2-4-14(11-13)19(20,21)22/h2-8,11,17H,9-10,12H2,1H3,(H,23,25). The minimum Gasteiger partial charge on any atom is -0.380 e. The highest BCUT2D eigenvalue weighted by Crippen LogP contribution is 2.30. The van der Waals surface area contributed by atoms with Crippen LogP contribution >= 0.6 is 0 Å². The lowest BCUT2D eigenvalue weighted by Crippen LogP contribution is -2.22. The molecule has 1 aliphatic rings. The second kappa shape index (κ2) is 7.37. The van der Waals surface area contributed by atoms with Crippen LogP contribution in [0.4, 0.5) is 24.5 Å². The van der Waals surface area contributed by atoms with E-state index in [1.54, 1.807) is 19.2 Å². The number of alkyl halides is 3. The number of halogens is 3. The zero-order valence-corrected chi connectivity index (χ0v) is 14.2. The van der Waals surface area contributed by atoms with E-state index in [9.17, 15) is 18.0 Å². The molecular formula is C19H19F3N2O2. The van der Waals surface area contributed by atoms with Gasteiger partial charge in [-0.3, -0.25) is 4.79 Å².